The van der Waals surface area contributed by atoms with Gasteiger partial charge in [0.1, 0.15) is 11.4 Å². The molecule has 8 heteroatoms. The van der Waals surface area contributed by atoms with E-state index in [0.29, 0.717) is 25.3 Å². The Morgan fingerprint density at radius 2 is 2.17 bits per heavy atom. The first-order valence-electron chi connectivity index (χ1n) is 9.36. The van der Waals surface area contributed by atoms with Crippen LogP contribution in [0.1, 0.15) is 21.6 Å². The average Bonchev–Trinajstić information content (AvgIpc) is 3.34. The summed E-state index contributed by atoms with van der Waals surface area (Å²) >= 11 is 1.64. The summed E-state index contributed by atoms with van der Waals surface area (Å²) in [6, 6.07) is 9.90. The number of pyridine rings is 2. The molecule has 1 aliphatic rings. The van der Waals surface area contributed by atoms with Crippen molar-refractivity contribution in [1.82, 2.24) is 25.1 Å². The van der Waals surface area contributed by atoms with E-state index in [-0.39, 0.29) is 11.9 Å². The number of aryl methyl sites for hydroxylation is 1. The number of rotatable bonds is 5. The second-order valence-corrected chi connectivity index (χ2v) is 8.03. The second-order valence-electron chi connectivity index (χ2n) is 7.11. The predicted molar refractivity (Wildman–Crippen MR) is 111 cm³/mol. The smallest absolute Gasteiger partial charge is 0.270 e. The lowest BCUT2D eigenvalue weighted by atomic mass is 10.0. The largest absolute Gasteiger partial charge is 0.377 e. The summed E-state index contributed by atoms with van der Waals surface area (Å²) in [6.07, 6.45) is 4.45. The topological polar surface area (TPSA) is 81.9 Å². The maximum Gasteiger partial charge on any atom is 0.270 e. The molecule has 4 aromatic rings. The van der Waals surface area contributed by atoms with Gasteiger partial charge >= 0.3 is 0 Å². The summed E-state index contributed by atoms with van der Waals surface area (Å²) in [7, 11) is 1.89. The van der Waals surface area contributed by atoms with Gasteiger partial charge in [0, 0.05) is 25.9 Å². The number of nitrogens with one attached hydrogen (secondary N) is 1. The van der Waals surface area contributed by atoms with Gasteiger partial charge in [0.15, 0.2) is 0 Å². The Labute approximate surface area is 171 Å². The van der Waals surface area contributed by atoms with Crippen LogP contribution in [-0.4, -0.2) is 44.9 Å². The van der Waals surface area contributed by atoms with Gasteiger partial charge in [-0.25, -0.2) is 4.98 Å². The van der Waals surface area contributed by atoms with Crippen molar-refractivity contribution in [3.63, 3.8) is 0 Å². The monoisotopic (exact) mass is 405 g/mol. The van der Waals surface area contributed by atoms with Gasteiger partial charge in [0.25, 0.3) is 5.91 Å². The number of thiophene rings is 1. The van der Waals surface area contributed by atoms with Gasteiger partial charge in [0.05, 0.1) is 35.2 Å². The minimum Gasteiger partial charge on any atom is -0.377 e. The van der Waals surface area contributed by atoms with Crippen molar-refractivity contribution in [3.05, 3.63) is 64.9 Å². The fraction of sp³-hybridized carbons (Fsp3) is 0.238. The lowest BCUT2D eigenvalue weighted by Gasteiger charge is -2.26. The Bertz CT molecular complexity index is 1180. The maximum atomic E-state index is 12.6. The minimum absolute atomic E-state index is 0.0780. The van der Waals surface area contributed by atoms with Gasteiger partial charge in [-0.2, -0.15) is 5.10 Å². The van der Waals surface area contributed by atoms with E-state index < -0.39 is 0 Å². The summed E-state index contributed by atoms with van der Waals surface area (Å²) in [5, 5.41) is 9.36. The van der Waals surface area contributed by atoms with Crippen LogP contribution in [0, 0.1) is 0 Å². The molecule has 7 nitrogen and oxygen atoms in total. The van der Waals surface area contributed by atoms with Gasteiger partial charge in [-0.3, -0.25) is 14.5 Å². The molecule has 0 aromatic carbocycles. The fourth-order valence-electron chi connectivity index (χ4n) is 3.30. The Hall–Kier alpha value is -3.10. The van der Waals surface area contributed by atoms with Gasteiger partial charge in [-0.05, 0) is 40.8 Å². The highest BCUT2D eigenvalue weighted by atomic mass is 32.1. The third-order valence-corrected chi connectivity index (χ3v) is 5.87. The molecule has 1 aliphatic heterocycles. The second kappa shape index (κ2) is 7.38. The molecular formula is C21H19N5O2S. The van der Waals surface area contributed by atoms with E-state index in [1.54, 1.807) is 16.0 Å². The maximum absolute atomic E-state index is 12.6. The number of aromatic nitrogens is 4. The molecule has 0 unspecified atom stereocenters. The van der Waals surface area contributed by atoms with E-state index in [1.165, 1.54) is 0 Å². The van der Waals surface area contributed by atoms with Gasteiger partial charge in [0.2, 0.25) is 0 Å². The molecule has 1 saturated heterocycles. The van der Waals surface area contributed by atoms with Crippen LogP contribution in [0.2, 0.25) is 0 Å². The van der Waals surface area contributed by atoms with Crippen molar-refractivity contribution < 1.29 is 9.53 Å². The predicted octanol–water partition coefficient (Wildman–Crippen LogP) is 2.81. The van der Waals surface area contributed by atoms with Crippen LogP contribution < -0.4 is 5.32 Å². The molecule has 29 heavy (non-hydrogen) atoms. The molecular weight excluding hydrogens is 386 g/mol. The van der Waals surface area contributed by atoms with Crippen LogP contribution >= 0.6 is 11.3 Å². The lowest BCUT2D eigenvalue weighted by molar-refractivity contribution is -0.00354. The van der Waals surface area contributed by atoms with Crippen molar-refractivity contribution >= 4 is 27.5 Å². The highest BCUT2D eigenvalue weighted by Gasteiger charge is 2.22. The lowest BCUT2D eigenvalue weighted by Crippen LogP contribution is -2.48. The number of carbonyl (C=O) groups excluding carboxylic acids is 1. The number of amides is 1. The Morgan fingerprint density at radius 1 is 1.28 bits per heavy atom. The SMILES string of the molecule is Cn1ccc(-c2ccc(Cc3cc(C(=O)NC4COC4)nc4ccsc34)cn2)n1. The highest BCUT2D eigenvalue weighted by molar-refractivity contribution is 7.17. The molecule has 1 fully saturated rings. The van der Waals surface area contributed by atoms with Crippen LogP contribution in [0.5, 0.6) is 0 Å². The number of nitrogens with zero attached hydrogens (tertiary/aromatic N) is 4. The zero-order chi connectivity index (χ0) is 19.8. The van der Waals surface area contributed by atoms with Crippen LogP contribution in [0.3, 0.4) is 0 Å². The number of ether oxygens (including phenoxy) is 1. The van der Waals surface area contributed by atoms with Crippen LogP contribution in [-0.2, 0) is 18.2 Å². The molecule has 146 valence electrons. The molecule has 1 amide bonds. The summed E-state index contributed by atoms with van der Waals surface area (Å²) in [6.45, 7) is 1.13. The molecule has 4 aromatic heterocycles. The summed E-state index contributed by atoms with van der Waals surface area (Å²) in [4.78, 5) is 21.7. The number of fused-ring (bicyclic) bond motifs is 1. The van der Waals surface area contributed by atoms with E-state index in [2.05, 4.69) is 26.4 Å². The highest BCUT2D eigenvalue weighted by Crippen LogP contribution is 2.27. The molecule has 0 atom stereocenters. The average molecular weight is 405 g/mol. The molecule has 0 radical (unpaired) electrons. The third kappa shape index (κ3) is 3.64. The Kier molecular flexibility index (Phi) is 4.57. The van der Waals surface area contributed by atoms with Gasteiger partial charge < -0.3 is 10.1 Å². The molecule has 5 heterocycles. The van der Waals surface area contributed by atoms with Crippen molar-refractivity contribution in [3.8, 4) is 11.4 Å². The van der Waals surface area contributed by atoms with E-state index >= 15 is 0 Å². The van der Waals surface area contributed by atoms with Crippen LogP contribution in [0.25, 0.3) is 21.6 Å². The summed E-state index contributed by atoms with van der Waals surface area (Å²) in [5.74, 6) is -0.156. The van der Waals surface area contributed by atoms with E-state index in [0.717, 1.165) is 32.7 Å². The van der Waals surface area contributed by atoms with Crippen LogP contribution in [0.15, 0.2) is 48.1 Å². The minimum atomic E-state index is -0.156. The molecule has 5 rings (SSSR count). The Balaban J connectivity index is 1.41. The van der Waals surface area contributed by atoms with E-state index in [4.69, 9.17) is 4.74 Å². The number of hydrogen-bond acceptors (Lipinski definition) is 6. The molecule has 0 spiro atoms. The van der Waals surface area contributed by atoms with E-state index in [1.807, 2.05) is 49.1 Å². The zero-order valence-corrected chi connectivity index (χ0v) is 16.6. The van der Waals surface area contributed by atoms with Crippen molar-refractivity contribution in [2.45, 2.75) is 12.5 Å². The fourth-order valence-corrected chi connectivity index (χ4v) is 4.15. The normalized spacial score (nSPS) is 14.1. The Morgan fingerprint density at radius 3 is 2.86 bits per heavy atom. The van der Waals surface area contributed by atoms with Crippen molar-refractivity contribution in [2.24, 2.45) is 7.05 Å². The van der Waals surface area contributed by atoms with Crippen LogP contribution in [0.4, 0.5) is 0 Å². The third-order valence-electron chi connectivity index (χ3n) is 4.89. The molecule has 0 aliphatic carbocycles. The van der Waals surface area contributed by atoms with Gasteiger partial charge in [-0.1, -0.05) is 6.07 Å². The summed E-state index contributed by atoms with van der Waals surface area (Å²) < 4.78 is 7.99. The zero-order valence-electron chi connectivity index (χ0n) is 15.8. The summed E-state index contributed by atoms with van der Waals surface area (Å²) in [5.41, 5.74) is 5.13. The molecule has 0 bridgehead atoms. The first kappa shape index (κ1) is 18.0. The van der Waals surface area contributed by atoms with E-state index in [9.17, 15) is 4.79 Å². The quantitative estimate of drug-likeness (QED) is 0.552. The first-order valence-corrected chi connectivity index (χ1v) is 10.2. The number of carbonyl (C=O) groups is 1. The van der Waals surface area contributed by atoms with Gasteiger partial charge in [-0.15, -0.1) is 11.3 Å². The number of hydrogen-bond donors (Lipinski definition) is 1. The molecule has 1 N–H and O–H groups in total. The standard InChI is InChI=1S/C21H19N5O2S/c1-26-6-4-17(25-26)16-3-2-13(10-22-16)8-14-9-19(21(27)23-15-11-28-12-15)24-18-5-7-29-20(14)18/h2-7,9-10,15H,8,11-12H2,1H3,(H,23,27). The van der Waals surface area contributed by atoms with Crippen molar-refractivity contribution in [1.29, 1.82) is 0 Å². The first-order chi connectivity index (χ1) is 14.2. The molecule has 0 saturated carbocycles. The van der Waals surface area contributed by atoms with Crippen molar-refractivity contribution in [2.75, 3.05) is 13.2 Å².